The van der Waals surface area contributed by atoms with E-state index in [1.54, 1.807) is 25.2 Å². The molecule has 0 radical (unpaired) electrons. The smallest absolute Gasteiger partial charge is 0.407 e. The monoisotopic (exact) mass is 493 g/mol. The van der Waals surface area contributed by atoms with Crippen molar-refractivity contribution in [1.29, 1.82) is 0 Å². The number of rotatable bonds is 6. The molecule has 1 saturated carbocycles. The molecule has 1 aliphatic heterocycles. The number of halogens is 1. The molecule has 1 saturated heterocycles. The summed E-state index contributed by atoms with van der Waals surface area (Å²) < 4.78 is 25.1. The van der Waals surface area contributed by atoms with Gasteiger partial charge in [-0.3, -0.25) is 4.79 Å². The molecule has 2 aromatic carbocycles. The number of hydrogen-bond donors (Lipinski definition) is 2. The van der Waals surface area contributed by atoms with Gasteiger partial charge in [0.25, 0.3) is 5.91 Å². The number of ether oxygens (including phenoxy) is 1. The van der Waals surface area contributed by atoms with Crippen LogP contribution in [0.3, 0.4) is 0 Å². The Bertz CT molecular complexity index is 1230. The number of nitrogens with zero attached hydrogens (tertiary/aromatic N) is 2. The molecule has 2 unspecified atom stereocenters. The number of likely N-dealkylation sites (tertiary alicyclic amines) is 1. The molecule has 1 aromatic heterocycles. The van der Waals surface area contributed by atoms with E-state index in [0.717, 1.165) is 36.1 Å². The van der Waals surface area contributed by atoms with Crippen LogP contribution >= 0.6 is 0 Å². The van der Waals surface area contributed by atoms with E-state index in [1.165, 1.54) is 17.0 Å². The molecule has 188 valence electrons. The first-order valence-electron chi connectivity index (χ1n) is 12.0. The zero-order valence-corrected chi connectivity index (χ0v) is 19.9. The molecule has 3 aromatic rings. The van der Waals surface area contributed by atoms with Gasteiger partial charge in [0.05, 0.1) is 0 Å². The van der Waals surface area contributed by atoms with Crippen LogP contribution in [0, 0.1) is 17.2 Å². The van der Waals surface area contributed by atoms with Crippen LogP contribution in [0.5, 0.6) is 5.75 Å². The number of nitrogens with one attached hydrogen (secondary N) is 1. The van der Waals surface area contributed by atoms with Gasteiger partial charge in [-0.25, -0.2) is 9.18 Å². The molecule has 2 aliphatic rings. The zero-order valence-electron chi connectivity index (χ0n) is 19.9. The summed E-state index contributed by atoms with van der Waals surface area (Å²) in [7, 11) is 1.54. The molecule has 1 spiro atoms. The van der Waals surface area contributed by atoms with Crippen LogP contribution < -0.4 is 10.1 Å². The fraction of sp³-hybridized carbons (Fsp3) is 0.370. The summed E-state index contributed by atoms with van der Waals surface area (Å²) in [5.41, 5.74) is 2.07. The third-order valence-electron chi connectivity index (χ3n) is 7.63. The Balaban J connectivity index is 1.32. The Morgan fingerprint density at radius 3 is 2.39 bits per heavy atom. The number of piperidine rings is 1. The lowest BCUT2D eigenvalue weighted by Gasteiger charge is -2.57. The quantitative estimate of drug-likeness (QED) is 0.520. The maximum Gasteiger partial charge on any atom is 0.407 e. The molecule has 2 N–H and O–H groups in total. The lowest BCUT2D eigenvalue weighted by atomic mass is 9.52. The molecule has 5 rings (SSSR count). The van der Waals surface area contributed by atoms with E-state index in [-0.39, 0.29) is 34.9 Å². The van der Waals surface area contributed by atoms with Gasteiger partial charge in [-0.2, -0.15) is 0 Å². The molecular weight excluding hydrogens is 465 g/mol. The van der Waals surface area contributed by atoms with Crippen LogP contribution in [-0.4, -0.2) is 53.4 Å². The predicted molar refractivity (Wildman–Crippen MR) is 129 cm³/mol. The minimum atomic E-state index is -0.889. The summed E-state index contributed by atoms with van der Waals surface area (Å²) in [5.74, 6) is 0.857. The van der Waals surface area contributed by atoms with E-state index in [0.29, 0.717) is 25.3 Å². The van der Waals surface area contributed by atoms with Crippen LogP contribution in [0.15, 0.2) is 59.1 Å². The number of carbonyl (C=O) groups excluding carboxylic acids is 1. The van der Waals surface area contributed by atoms with Crippen molar-refractivity contribution in [2.75, 3.05) is 20.1 Å². The molecule has 2 amide bonds. The van der Waals surface area contributed by atoms with Gasteiger partial charge in [-0.1, -0.05) is 29.4 Å². The van der Waals surface area contributed by atoms with E-state index in [1.807, 2.05) is 24.3 Å². The fourth-order valence-corrected chi connectivity index (χ4v) is 5.52. The lowest BCUT2D eigenvalue weighted by molar-refractivity contribution is -0.122. The first-order chi connectivity index (χ1) is 17.4. The highest BCUT2D eigenvalue weighted by Gasteiger charge is 2.56. The number of aromatic nitrogens is 1. The van der Waals surface area contributed by atoms with Crippen molar-refractivity contribution in [3.63, 3.8) is 0 Å². The van der Waals surface area contributed by atoms with Crippen LogP contribution in [0.1, 0.15) is 35.5 Å². The summed E-state index contributed by atoms with van der Waals surface area (Å²) in [4.78, 5) is 24.8. The number of carbonyl (C=O) groups is 2. The molecule has 8 nitrogen and oxygen atoms in total. The normalized spacial score (nSPS) is 20.6. The topological polar surface area (TPSA) is 105 Å². The Kier molecular flexibility index (Phi) is 6.38. The van der Waals surface area contributed by atoms with Crippen molar-refractivity contribution in [3.8, 4) is 16.9 Å². The minimum absolute atomic E-state index is 0.0510. The average molecular weight is 494 g/mol. The van der Waals surface area contributed by atoms with Crippen molar-refractivity contribution in [3.05, 3.63) is 71.9 Å². The highest BCUT2D eigenvalue weighted by Crippen LogP contribution is 2.56. The summed E-state index contributed by atoms with van der Waals surface area (Å²) in [6.07, 6.45) is 1.91. The SMILES string of the molecule is CNC(=O)c1cc(CC2C(Oc3ccc(-c4ccc(F)cc4)cc3)CC23CCN(C(=O)O)CC3)on1. The number of benzene rings is 2. The van der Waals surface area contributed by atoms with Gasteiger partial charge >= 0.3 is 6.09 Å². The van der Waals surface area contributed by atoms with Crippen LogP contribution in [0.25, 0.3) is 11.1 Å². The van der Waals surface area contributed by atoms with Crippen LogP contribution in [0.2, 0.25) is 0 Å². The van der Waals surface area contributed by atoms with E-state index < -0.39 is 6.09 Å². The minimum Gasteiger partial charge on any atom is -0.490 e. The third-order valence-corrected chi connectivity index (χ3v) is 7.63. The molecule has 2 fully saturated rings. The number of hydrogen-bond acceptors (Lipinski definition) is 5. The van der Waals surface area contributed by atoms with E-state index >= 15 is 0 Å². The predicted octanol–water partition coefficient (Wildman–Crippen LogP) is 4.61. The van der Waals surface area contributed by atoms with E-state index in [2.05, 4.69) is 10.5 Å². The summed E-state index contributed by atoms with van der Waals surface area (Å²) in [5, 5.41) is 15.8. The van der Waals surface area contributed by atoms with Gasteiger partial charge in [0.2, 0.25) is 0 Å². The number of amides is 2. The van der Waals surface area contributed by atoms with Crippen LogP contribution in [-0.2, 0) is 6.42 Å². The summed E-state index contributed by atoms with van der Waals surface area (Å²) in [6.45, 7) is 0.982. The maximum absolute atomic E-state index is 13.2. The highest BCUT2D eigenvalue weighted by atomic mass is 19.1. The fourth-order valence-electron chi connectivity index (χ4n) is 5.52. The zero-order chi connectivity index (χ0) is 25.3. The van der Waals surface area contributed by atoms with E-state index in [4.69, 9.17) is 9.26 Å². The second-order valence-electron chi connectivity index (χ2n) is 9.59. The van der Waals surface area contributed by atoms with Crippen molar-refractivity contribution in [1.82, 2.24) is 15.4 Å². The molecule has 9 heteroatoms. The molecular formula is C27H28FN3O5. The lowest BCUT2D eigenvalue weighted by Crippen LogP contribution is -2.59. The first kappa shape index (κ1) is 23.8. The third kappa shape index (κ3) is 4.65. The van der Waals surface area contributed by atoms with Gasteiger partial charge in [0, 0.05) is 38.5 Å². The standard InChI is InChI=1S/C27H28FN3O5/c1-29-25(32)23-15-21(36-30-23)14-22-24(16-27(22)10-12-31(13-11-27)26(33)34)35-20-8-4-18(5-9-20)17-2-6-19(28)7-3-17/h2-9,15,22,24H,10-14,16H2,1H3,(H,29,32)(H,33,34). The average Bonchev–Trinajstić information content (AvgIpc) is 3.37. The molecule has 2 atom stereocenters. The Hall–Kier alpha value is -3.88. The van der Waals surface area contributed by atoms with Gasteiger partial charge < -0.3 is 24.6 Å². The van der Waals surface area contributed by atoms with Crippen molar-refractivity contribution < 1.29 is 28.3 Å². The van der Waals surface area contributed by atoms with Crippen molar-refractivity contribution in [2.24, 2.45) is 11.3 Å². The van der Waals surface area contributed by atoms with Gasteiger partial charge in [-0.05, 0) is 60.1 Å². The van der Waals surface area contributed by atoms with E-state index in [9.17, 15) is 19.1 Å². The Morgan fingerprint density at radius 1 is 1.14 bits per heavy atom. The largest absolute Gasteiger partial charge is 0.490 e. The van der Waals surface area contributed by atoms with Gasteiger partial charge in [0.1, 0.15) is 23.4 Å². The second kappa shape index (κ2) is 9.64. The van der Waals surface area contributed by atoms with Gasteiger partial charge in [0.15, 0.2) is 5.69 Å². The van der Waals surface area contributed by atoms with Crippen molar-refractivity contribution >= 4 is 12.0 Å². The molecule has 2 heterocycles. The molecule has 1 aliphatic carbocycles. The first-order valence-corrected chi connectivity index (χ1v) is 12.0. The summed E-state index contributed by atoms with van der Waals surface area (Å²) in [6, 6.07) is 15.7. The Morgan fingerprint density at radius 2 is 1.78 bits per heavy atom. The highest BCUT2D eigenvalue weighted by molar-refractivity contribution is 5.91. The summed E-state index contributed by atoms with van der Waals surface area (Å²) >= 11 is 0. The van der Waals surface area contributed by atoms with Crippen LogP contribution in [0.4, 0.5) is 9.18 Å². The number of carboxylic acid groups (broad SMARTS) is 1. The van der Waals surface area contributed by atoms with Crippen molar-refractivity contribution in [2.45, 2.75) is 31.8 Å². The molecule has 36 heavy (non-hydrogen) atoms. The Labute approximate surface area is 208 Å². The maximum atomic E-state index is 13.2. The van der Waals surface area contributed by atoms with Gasteiger partial charge in [-0.15, -0.1) is 0 Å². The second-order valence-corrected chi connectivity index (χ2v) is 9.59. The molecule has 0 bridgehead atoms.